The monoisotopic (exact) mass is 924 g/mol. The summed E-state index contributed by atoms with van der Waals surface area (Å²) in [5, 5.41) is 13.8. The number of allylic oxidation sites excluding steroid dienone is 3. The molecule has 313 valence electrons. The van der Waals surface area contributed by atoms with Crippen LogP contribution in [0.2, 0.25) is 0 Å². The summed E-state index contributed by atoms with van der Waals surface area (Å²) < 4.78 is 0. The van der Waals surface area contributed by atoms with Gasteiger partial charge in [0.15, 0.2) is 0 Å². The molecule has 4 saturated carbocycles. The van der Waals surface area contributed by atoms with Crippen LogP contribution >= 0.6 is 0 Å². The van der Waals surface area contributed by atoms with E-state index in [0.29, 0.717) is 11.4 Å². The molecule has 1 aromatic rings. The summed E-state index contributed by atoms with van der Waals surface area (Å²) in [6.45, 7) is 48.0. The van der Waals surface area contributed by atoms with Gasteiger partial charge in [-0.3, -0.25) is 4.98 Å². The Bertz CT molecular complexity index is 1030. The number of hydrogen-bond donors (Lipinski definition) is 1. The minimum atomic E-state index is 0. The number of aliphatic hydroxyl groups excluding tert-OH is 1. The maximum atomic E-state index is 9.78. The van der Waals surface area contributed by atoms with Gasteiger partial charge in [0.25, 0.3) is 0 Å². The Morgan fingerprint density at radius 2 is 0.679 bits per heavy atom. The van der Waals surface area contributed by atoms with E-state index in [0.717, 1.165) is 118 Å². The third kappa shape index (κ3) is 14.1. The molecule has 1 aliphatic heterocycles. The van der Waals surface area contributed by atoms with Gasteiger partial charge in [-0.25, -0.2) is 0 Å². The second-order valence-electron chi connectivity index (χ2n) is 20.0. The van der Waals surface area contributed by atoms with Crippen molar-refractivity contribution in [2.75, 3.05) is 0 Å². The number of pyridine rings is 1. The second-order valence-corrected chi connectivity index (χ2v) is 20.0. The third-order valence-corrected chi connectivity index (χ3v) is 18.4. The SMILES string of the molecule is CC1C(C)C(C)C(C)C1C.CC1C(C)C(C)C(C)C1C.CC1C(C)C(C)C(C)C1C.CC1C(C)C(C)C(C)C1C.O/C(=C1/C=CC=C[N-]1)c1ccccn1.[Y+3].[Y]. The Morgan fingerprint density at radius 1 is 0.429 bits per heavy atom. The predicted octanol–water partition coefficient (Wildman–Crippen LogP) is 15.5. The molecule has 5 aliphatic rings. The van der Waals surface area contributed by atoms with Crippen LogP contribution in [0.3, 0.4) is 0 Å². The van der Waals surface area contributed by atoms with Crippen LogP contribution in [0.5, 0.6) is 0 Å². The first-order chi connectivity index (χ1) is 25.1. The minimum Gasteiger partial charge on any atom is -0.661 e. The largest absolute Gasteiger partial charge is 3.00 e. The third-order valence-electron chi connectivity index (χ3n) is 18.4. The van der Waals surface area contributed by atoms with Gasteiger partial charge in [0.05, 0.1) is 0 Å². The quantitative estimate of drug-likeness (QED) is 0.285. The molecule has 0 spiro atoms. The number of rotatable bonds is 1. The van der Waals surface area contributed by atoms with Crippen molar-refractivity contribution in [3.8, 4) is 0 Å². The van der Waals surface area contributed by atoms with E-state index in [2.05, 4.69) is 149 Å². The first-order valence-electron chi connectivity index (χ1n) is 22.5. The first-order valence-corrected chi connectivity index (χ1v) is 22.5. The normalized spacial score (nSPS) is 44.1. The van der Waals surface area contributed by atoms with E-state index in [1.54, 1.807) is 36.7 Å². The van der Waals surface area contributed by atoms with Crippen molar-refractivity contribution in [2.24, 2.45) is 118 Å². The van der Waals surface area contributed by atoms with Gasteiger partial charge in [-0.05, 0) is 130 Å². The molecule has 56 heavy (non-hydrogen) atoms. The zero-order valence-electron chi connectivity index (χ0n) is 40.2. The van der Waals surface area contributed by atoms with Crippen LogP contribution in [0.1, 0.15) is 144 Å². The summed E-state index contributed by atoms with van der Waals surface area (Å²) in [5.41, 5.74) is 1.07. The summed E-state index contributed by atoms with van der Waals surface area (Å²) in [5.74, 6) is 18.8. The fourth-order valence-electron chi connectivity index (χ4n) is 10.7. The minimum absolute atomic E-state index is 0. The Morgan fingerprint density at radius 3 is 0.857 bits per heavy atom. The molecule has 0 aromatic carbocycles. The van der Waals surface area contributed by atoms with Crippen LogP contribution in [0.4, 0.5) is 0 Å². The van der Waals surface area contributed by atoms with Crippen molar-refractivity contribution < 1.29 is 70.5 Å². The average molecular weight is 924 g/mol. The second kappa shape index (κ2) is 25.8. The van der Waals surface area contributed by atoms with Gasteiger partial charge in [-0.1, -0.05) is 168 Å². The predicted molar refractivity (Wildman–Crippen MR) is 239 cm³/mol. The fourth-order valence-corrected chi connectivity index (χ4v) is 10.7. The first kappa shape index (κ1) is 56.2. The Hall–Kier alpha value is 0.178. The molecule has 4 fully saturated rings. The van der Waals surface area contributed by atoms with E-state index in [1.807, 2.05) is 12.1 Å². The van der Waals surface area contributed by atoms with Gasteiger partial charge < -0.3 is 10.4 Å². The van der Waals surface area contributed by atoms with Crippen molar-refractivity contribution in [2.45, 2.75) is 138 Å². The van der Waals surface area contributed by atoms with Gasteiger partial charge in [-0.15, -0.1) is 0 Å². The molecular weight excluding hydrogens is 834 g/mol. The van der Waals surface area contributed by atoms with Crippen molar-refractivity contribution in [1.29, 1.82) is 0 Å². The number of nitrogens with zero attached hydrogens (tertiary/aromatic N) is 2. The van der Waals surface area contributed by atoms with Crippen LogP contribution in [0.15, 0.2) is 54.5 Å². The molecule has 0 amide bonds. The van der Waals surface area contributed by atoms with Gasteiger partial charge >= 0.3 is 32.7 Å². The molecule has 2 heterocycles. The molecule has 5 heteroatoms. The molecule has 0 bridgehead atoms. The summed E-state index contributed by atoms with van der Waals surface area (Å²) in [6.07, 6.45) is 8.63. The molecule has 1 radical (unpaired) electrons. The van der Waals surface area contributed by atoms with E-state index < -0.39 is 0 Å². The molecule has 0 saturated heterocycles. The van der Waals surface area contributed by atoms with Crippen molar-refractivity contribution in [3.63, 3.8) is 0 Å². The van der Waals surface area contributed by atoms with Crippen LogP contribution in [0, 0.1) is 118 Å². The zero-order valence-corrected chi connectivity index (χ0v) is 45.8. The molecule has 6 rings (SSSR count). The van der Waals surface area contributed by atoms with Crippen LogP contribution in [-0.4, -0.2) is 10.1 Å². The van der Waals surface area contributed by atoms with Crippen molar-refractivity contribution >= 4 is 5.76 Å². The number of aromatic nitrogens is 1. The van der Waals surface area contributed by atoms with Gasteiger partial charge in [0.1, 0.15) is 11.5 Å². The van der Waals surface area contributed by atoms with E-state index in [1.165, 1.54) is 0 Å². The smallest absolute Gasteiger partial charge is 0.661 e. The molecule has 1 aromatic heterocycles. The Kier molecular flexibility index (Phi) is 25.9. The molecule has 1 N–H and O–H groups in total. The molecule has 3 nitrogen and oxygen atoms in total. The van der Waals surface area contributed by atoms with Gasteiger partial charge in [0.2, 0.25) is 0 Å². The molecular formula is C51H89N2OY2+2. The van der Waals surface area contributed by atoms with Crippen molar-refractivity contribution in [1.82, 2.24) is 4.98 Å². The average Bonchev–Trinajstić information content (AvgIpc) is 3.63. The van der Waals surface area contributed by atoms with E-state index >= 15 is 0 Å². The summed E-state index contributed by atoms with van der Waals surface area (Å²) in [7, 11) is 0. The number of hydrogen-bond acceptors (Lipinski definition) is 2. The maximum Gasteiger partial charge on any atom is 3.00 e. The maximum absolute atomic E-state index is 9.78. The van der Waals surface area contributed by atoms with Crippen LogP contribution < -0.4 is 0 Å². The summed E-state index contributed by atoms with van der Waals surface area (Å²) >= 11 is 0. The van der Waals surface area contributed by atoms with E-state index in [4.69, 9.17) is 0 Å². The standard InChI is InChI=1S/C11H9N2O.4C10H20.2Y/c14-11(9-5-1-3-7-12-9)10-6-2-4-8-13-10;4*1-6-7(2)9(4)10(5)8(6)3;;/h1-8H,(H-,12,13,14);4*6-10H,1-5H3;;/q-1;;;;;;+3. The van der Waals surface area contributed by atoms with E-state index in [9.17, 15) is 5.11 Å². The molecule has 4 aliphatic carbocycles. The Balaban J connectivity index is 0.000000675. The van der Waals surface area contributed by atoms with Gasteiger partial charge in [0, 0.05) is 38.9 Å². The molecule has 0 atom stereocenters. The molecule has 0 unspecified atom stereocenters. The van der Waals surface area contributed by atoms with Crippen molar-refractivity contribution in [3.05, 3.63) is 65.5 Å². The zero-order chi connectivity index (χ0) is 41.4. The fraction of sp³-hybridized carbons (Fsp3) is 0.784. The van der Waals surface area contributed by atoms with Crippen LogP contribution in [0.25, 0.3) is 11.1 Å². The van der Waals surface area contributed by atoms with E-state index in [-0.39, 0.29) is 71.2 Å². The number of aliphatic hydroxyl groups is 1. The summed E-state index contributed by atoms with van der Waals surface area (Å²) in [6, 6.07) is 5.36. The van der Waals surface area contributed by atoms with Crippen LogP contribution in [-0.2, 0) is 65.4 Å². The van der Waals surface area contributed by atoms with Gasteiger partial charge in [-0.2, -0.15) is 6.20 Å². The topological polar surface area (TPSA) is 47.2 Å². The summed E-state index contributed by atoms with van der Waals surface area (Å²) in [4.78, 5) is 4.03. The Labute approximate surface area is 399 Å².